The van der Waals surface area contributed by atoms with Crippen molar-refractivity contribution in [1.29, 1.82) is 0 Å². The van der Waals surface area contributed by atoms with E-state index in [1.807, 2.05) is 24.3 Å². The fourth-order valence-corrected chi connectivity index (χ4v) is 1.86. The maximum atomic E-state index is 11.0. The Morgan fingerprint density at radius 3 is 2.50 bits per heavy atom. The molecule has 2 aromatic rings. The number of carboxylic acids is 1. The number of carboxylic acid groups (broad SMARTS) is 1. The fourth-order valence-electron chi connectivity index (χ4n) is 1.86. The number of benzene rings is 2. The van der Waals surface area contributed by atoms with Gasteiger partial charge in [0.25, 0.3) is 0 Å². The number of rotatable bonds is 4. The van der Waals surface area contributed by atoms with Crippen LogP contribution in [0.4, 0.5) is 5.69 Å². The van der Waals surface area contributed by atoms with E-state index >= 15 is 0 Å². The van der Waals surface area contributed by atoms with Gasteiger partial charge in [0.1, 0.15) is 11.5 Å². The molecule has 0 amide bonds. The Balaban J connectivity index is 2.28. The van der Waals surface area contributed by atoms with E-state index in [1.54, 1.807) is 6.07 Å². The predicted molar refractivity (Wildman–Crippen MR) is 78.4 cm³/mol. The summed E-state index contributed by atoms with van der Waals surface area (Å²) < 4.78 is 5.70. The summed E-state index contributed by atoms with van der Waals surface area (Å²) in [5.74, 6) is 0.471. The molecule has 0 saturated heterocycles. The summed E-state index contributed by atoms with van der Waals surface area (Å²) in [5.41, 5.74) is 7.04. The van der Waals surface area contributed by atoms with Crippen molar-refractivity contribution in [1.82, 2.24) is 0 Å². The SMILES string of the molecule is CC(C)c1cccc(Oc2ccc(N)c(C(=O)O)c2)c1. The van der Waals surface area contributed by atoms with E-state index in [0.717, 1.165) is 5.56 Å². The average molecular weight is 271 g/mol. The molecule has 0 aliphatic heterocycles. The number of carbonyl (C=O) groups is 1. The van der Waals surface area contributed by atoms with Gasteiger partial charge < -0.3 is 15.6 Å². The minimum absolute atomic E-state index is 0.0440. The summed E-state index contributed by atoms with van der Waals surface area (Å²) in [6.07, 6.45) is 0. The Hall–Kier alpha value is -2.49. The van der Waals surface area contributed by atoms with Crippen molar-refractivity contribution in [2.75, 3.05) is 5.73 Å². The van der Waals surface area contributed by atoms with Gasteiger partial charge in [0.2, 0.25) is 0 Å². The predicted octanol–water partition coefficient (Wildman–Crippen LogP) is 3.88. The lowest BCUT2D eigenvalue weighted by Gasteiger charge is -2.10. The van der Waals surface area contributed by atoms with Crippen molar-refractivity contribution in [3.05, 3.63) is 53.6 Å². The second-order valence-corrected chi connectivity index (χ2v) is 4.88. The van der Waals surface area contributed by atoms with Gasteiger partial charge in [0, 0.05) is 5.69 Å². The van der Waals surface area contributed by atoms with Crippen LogP contribution in [0.15, 0.2) is 42.5 Å². The summed E-state index contributed by atoms with van der Waals surface area (Å²) in [7, 11) is 0. The van der Waals surface area contributed by atoms with Crippen molar-refractivity contribution in [3.8, 4) is 11.5 Å². The molecular formula is C16H17NO3. The Labute approximate surface area is 117 Å². The molecule has 0 saturated carbocycles. The molecule has 4 nitrogen and oxygen atoms in total. The highest BCUT2D eigenvalue weighted by molar-refractivity contribution is 5.94. The molecule has 0 aromatic heterocycles. The third-order valence-corrected chi connectivity index (χ3v) is 3.02. The van der Waals surface area contributed by atoms with E-state index in [-0.39, 0.29) is 11.3 Å². The zero-order valence-electron chi connectivity index (χ0n) is 11.5. The maximum absolute atomic E-state index is 11.0. The van der Waals surface area contributed by atoms with Crippen LogP contribution in [-0.4, -0.2) is 11.1 Å². The number of hydrogen-bond acceptors (Lipinski definition) is 3. The van der Waals surface area contributed by atoms with E-state index < -0.39 is 5.97 Å². The van der Waals surface area contributed by atoms with Crippen molar-refractivity contribution >= 4 is 11.7 Å². The fraction of sp³-hybridized carbons (Fsp3) is 0.188. The molecule has 0 fully saturated rings. The van der Waals surface area contributed by atoms with Crippen LogP contribution in [-0.2, 0) is 0 Å². The van der Waals surface area contributed by atoms with E-state index in [1.165, 1.54) is 12.1 Å². The molecular weight excluding hydrogens is 254 g/mol. The molecule has 2 rings (SSSR count). The number of nitrogen functional groups attached to an aromatic ring is 1. The number of hydrogen-bond donors (Lipinski definition) is 2. The summed E-state index contributed by atoms with van der Waals surface area (Å²) in [6, 6.07) is 12.3. The lowest BCUT2D eigenvalue weighted by molar-refractivity contribution is 0.0697. The zero-order chi connectivity index (χ0) is 14.7. The third-order valence-electron chi connectivity index (χ3n) is 3.02. The van der Waals surface area contributed by atoms with E-state index in [0.29, 0.717) is 17.4 Å². The van der Waals surface area contributed by atoms with Crippen molar-refractivity contribution in [2.45, 2.75) is 19.8 Å². The number of aromatic carboxylic acids is 1. The largest absolute Gasteiger partial charge is 0.478 e. The molecule has 104 valence electrons. The molecule has 20 heavy (non-hydrogen) atoms. The van der Waals surface area contributed by atoms with Crippen LogP contribution >= 0.6 is 0 Å². The molecule has 2 aromatic carbocycles. The zero-order valence-corrected chi connectivity index (χ0v) is 11.5. The van der Waals surface area contributed by atoms with Crippen LogP contribution in [0.1, 0.15) is 35.7 Å². The Kier molecular flexibility index (Phi) is 3.94. The standard InChI is InChI=1S/C16H17NO3/c1-10(2)11-4-3-5-12(8-11)20-13-6-7-15(17)14(9-13)16(18)19/h3-10H,17H2,1-2H3,(H,18,19). The van der Waals surface area contributed by atoms with E-state index in [9.17, 15) is 4.79 Å². The molecule has 0 radical (unpaired) electrons. The Morgan fingerprint density at radius 1 is 1.15 bits per heavy atom. The summed E-state index contributed by atoms with van der Waals surface area (Å²) in [6.45, 7) is 4.20. The minimum Gasteiger partial charge on any atom is -0.478 e. The second-order valence-electron chi connectivity index (χ2n) is 4.88. The van der Waals surface area contributed by atoms with Gasteiger partial charge in [-0.3, -0.25) is 0 Å². The summed E-state index contributed by atoms with van der Waals surface area (Å²) in [5, 5.41) is 9.04. The number of anilines is 1. The first-order valence-corrected chi connectivity index (χ1v) is 6.38. The highest BCUT2D eigenvalue weighted by atomic mass is 16.5. The highest BCUT2D eigenvalue weighted by Gasteiger charge is 2.10. The van der Waals surface area contributed by atoms with Gasteiger partial charge in [0.15, 0.2) is 0 Å². The Morgan fingerprint density at radius 2 is 1.85 bits per heavy atom. The Bertz CT molecular complexity index is 635. The van der Waals surface area contributed by atoms with Crippen LogP contribution in [0, 0.1) is 0 Å². The number of ether oxygens (including phenoxy) is 1. The first-order valence-electron chi connectivity index (χ1n) is 6.38. The van der Waals surface area contributed by atoms with Crippen molar-refractivity contribution < 1.29 is 14.6 Å². The summed E-state index contributed by atoms with van der Waals surface area (Å²) >= 11 is 0. The number of nitrogens with two attached hydrogens (primary N) is 1. The lowest BCUT2D eigenvalue weighted by atomic mass is 10.0. The first-order chi connectivity index (χ1) is 9.47. The van der Waals surface area contributed by atoms with Gasteiger partial charge in [-0.2, -0.15) is 0 Å². The molecule has 4 heteroatoms. The molecule has 0 aliphatic carbocycles. The van der Waals surface area contributed by atoms with Crippen molar-refractivity contribution in [2.24, 2.45) is 0 Å². The normalized spacial score (nSPS) is 10.6. The van der Waals surface area contributed by atoms with Gasteiger partial charge >= 0.3 is 5.97 Å². The first kappa shape index (κ1) is 13.9. The minimum atomic E-state index is -1.07. The van der Waals surface area contributed by atoms with Crippen LogP contribution in [0.3, 0.4) is 0 Å². The van der Waals surface area contributed by atoms with Gasteiger partial charge in [-0.1, -0.05) is 26.0 Å². The van der Waals surface area contributed by atoms with Gasteiger partial charge in [-0.05, 0) is 41.8 Å². The van der Waals surface area contributed by atoms with Gasteiger partial charge in [0.05, 0.1) is 5.56 Å². The molecule has 3 N–H and O–H groups in total. The maximum Gasteiger partial charge on any atom is 0.337 e. The quantitative estimate of drug-likeness (QED) is 0.828. The average Bonchev–Trinajstić information content (AvgIpc) is 2.41. The lowest BCUT2D eigenvalue weighted by Crippen LogP contribution is -2.02. The van der Waals surface area contributed by atoms with Crippen LogP contribution in [0.5, 0.6) is 11.5 Å². The van der Waals surface area contributed by atoms with Crippen LogP contribution < -0.4 is 10.5 Å². The van der Waals surface area contributed by atoms with E-state index in [2.05, 4.69) is 13.8 Å². The molecule has 0 atom stereocenters. The topological polar surface area (TPSA) is 72.5 Å². The molecule has 0 aliphatic rings. The van der Waals surface area contributed by atoms with Crippen molar-refractivity contribution in [3.63, 3.8) is 0 Å². The summed E-state index contributed by atoms with van der Waals surface area (Å²) in [4.78, 5) is 11.0. The second kappa shape index (κ2) is 5.65. The third kappa shape index (κ3) is 3.09. The van der Waals surface area contributed by atoms with Gasteiger partial charge in [-0.25, -0.2) is 4.79 Å². The van der Waals surface area contributed by atoms with Crippen LogP contribution in [0.25, 0.3) is 0 Å². The molecule has 0 spiro atoms. The van der Waals surface area contributed by atoms with Crippen LogP contribution in [0.2, 0.25) is 0 Å². The smallest absolute Gasteiger partial charge is 0.337 e. The highest BCUT2D eigenvalue weighted by Crippen LogP contribution is 2.27. The molecule has 0 unspecified atom stereocenters. The molecule has 0 heterocycles. The van der Waals surface area contributed by atoms with E-state index in [4.69, 9.17) is 15.6 Å². The van der Waals surface area contributed by atoms with Gasteiger partial charge in [-0.15, -0.1) is 0 Å². The molecule has 0 bridgehead atoms. The monoisotopic (exact) mass is 271 g/mol.